The first-order valence-corrected chi connectivity index (χ1v) is 7.02. The maximum absolute atomic E-state index is 13.4. The van der Waals surface area contributed by atoms with Gasteiger partial charge in [0.2, 0.25) is 10.0 Å². The van der Waals surface area contributed by atoms with Crippen molar-refractivity contribution in [2.75, 3.05) is 6.54 Å². The lowest BCUT2D eigenvalue weighted by Gasteiger charge is -2.19. The molecule has 1 aromatic rings. The molecule has 0 saturated heterocycles. The highest BCUT2D eigenvalue weighted by Gasteiger charge is 2.20. The Morgan fingerprint density at radius 1 is 1.38 bits per heavy atom. The van der Waals surface area contributed by atoms with E-state index >= 15 is 0 Å². The van der Waals surface area contributed by atoms with Crippen molar-refractivity contribution in [2.45, 2.75) is 30.9 Å². The second-order valence-electron chi connectivity index (χ2n) is 4.78. The summed E-state index contributed by atoms with van der Waals surface area (Å²) in [6.45, 7) is -0.0412. The predicted octanol–water partition coefficient (Wildman–Crippen LogP) is 1.86. The molecule has 0 unspecified atom stereocenters. The molecule has 0 atom stereocenters. The number of sulfonamides is 1. The third kappa shape index (κ3) is 6.51. The average molecular weight is 349 g/mol. The lowest BCUT2D eigenvalue weighted by atomic mass is 10.1. The molecule has 122 valence electrons. The van der Waals surface area contributed by atoms with Crippen molar-refractivity contribution in [3.05, 3.63) is 24.0 Å². The van der Waals surface area contributed by atoms with Gasteiger partial charge in [-0.25, -0.2) is 17.5 Å². The quantitative estimate of drug-likeness (QED) is 0.822. The predicted molar refractivity (Wildman–Crippen MR) is 73.7 cm³/mol. The summed E-state index contributed by atoms with van der Waals surface area (Å²) < 4.78 is 67.1. The molecule has 0 fully saturated rings. The highest BCUT2D eigenvalue weighted by atomic mass is 35.5. The SMILES string of the molecule is CC(C)(N)CNS(=O)(=O)c1ccc(OC(F)F)c(F)c1.Cl. The minimum Gasteiger partial charge on any atom is -0.432 e. The summed E-state index contributed by atoms with van der Waals surface area (Å²) in [5, 5.41) is 0. The molecule has 0 heterocycles. The fourth-order valence-electron chi connectivity index (χ4n) is 1.20. The molecule has 3 N–H and O–H groups in total. The minimum absolute atomic E-state index is 0. The molecular formula is C11H16ClF3N2O3S. The summed E-state index contributed by atoms with van der Waals surface area (Å²) in [5.41, 5.74) is 4.84. The van der Waals surface area contributed by atoms with Gasteiger partial charge < -0.3 is 10.5 Å². The molecule has 0 aliphatic heterocycles. The number of hydrogen-bond acceptors (Lipinski definition) is 4. The van der Waals surface area contributed by atoms with Crippen molar-refractivity contribution < 1.29 is 26.3 Å². The van der Waals surface area contributed by atoms with Gasteiger partial charge in [-0.1, -0.05) is 0 Å². The van der Waals surface area contributed by atoms with E-state index < -0.39 is 38.6 Å². The van der Waals surface area contributed by atoms with Crippen LogP contribution in [0.4, 0.5) is 13.2 Å². The van der Waals surface area contributed by atoms with E-state index in [2.05, 4.69) is 9.46 Å². The maximum Gasteiger partial charge on any atom is 0.387 e. The van der Waals surface area contributed by atoms with E-state index in [9.17, 15) is 21.6 Å². The zero-order valence-electron chi connectivity index (χ0n) is 11.3. The molecule has 0 radical (unpaired) electrons. The number of ether oxygens (including phenoxy) is 1. The molecule has 0 aromatic heterocycles. The summed E-state index contributed by atoms with van der Waals surface area (Å²) >= 11 is 0. The van der Waals surface area contributed by atoms with Gasteiger partial charge in [0.15, 0.2) is 11.6 Å². The average Bonchev–Trinajstić information content (AvgIpc) is 2.28. The van der Waals surface area contributed by atoms with Gasteiger partial charge in [-0.2, -0.15) is 8.78 Å². The second-order valence-corrected chi connectivity index (χ2v) is 6.55. The van der Waals surface area contributed by atoms with Crippen LogP contribution in [0, 0.1) is 5.82 Å². The molecule has 1 rings (SSSR count). The largest absolute Gasteiger partial charge is 0.432 e. The molecule has 0 aliphatic rings. The van der Waals surface area contributed by atoms with E-state index in [1.54, 1.807) is 13.8 Å². The number of nitrogens with one attached hydrogen (secondary N) is 1. The highest BCUT2D eigenvalue weighted by Crippen LogP contribution is 2.22. The minimum atomic E-state index is -3.97. The van der Waals surface area contributed by atoms with Crippen LogP contribution in [0.3, 0.4) is 0 Å². The molecule has 10 heteroatoms. The van der Waals surface area contributed by atoms with Crippen molar-refractivity contribution in [1.82, 2.24) is 4.72 Å². The monoisotopic (exact) mass is 348 g/mol. The fraction of sp³-hybridized carbons (Fsp3) is 0.455. The Hall–Kier alpha value is -1.03. The van der Waals surface area contributed by atoms with E-state index in [-0.39, 0.29) is 19.0 Å². The zero-order chi connectivity index (χ0) is 15.6. The maximum atomic E-state index is 13.4. The zero-order valence-corrected chi connectivity index (χ0v) is 12.9. The Morgan fingerprint density at radius 2 is 1.95 bits per heavy atom. The van der Waals surface area contributed by atoms with E-state index in [4.69, 9.17) is 5.73 Å². The summed E-state index contributed by atoms with van der Waals surface area (Å²) in [4.78, 5) is -0.402. The summed E-state index contributed by atoms with van der Waals surface area (Å²) in [6, 6.07) is 2.39. The van der Waals surface area contributed by atoms with Crippen LogP contribution in [0.5, 0.6) is 5.75 Å². The van der Waals surface area contributed by atoms with E-state index in [0.29, 0.717) is 6.07 Å². The number of alkyl halides is 2. The van der Waals surface area contributed by atoms with Crippen molar-refractivity contribution in [1.29, 1.82) is 0 Å². The summed E-state index contributed by atoms with van der Waals surface area (Å²) in [7, 11) is -3.97. The molecule has 21 heavy (non-hydrogen) atoms. The van der Waals surface area contributed by atoms with Crippen molar-refractivity contribution >= 4 is 22.4 Å². The van der Waals surface area contributed by atoms with Crippen LogP contribution in [-0.2, 0) is 10.0 Å². The standard InChI is InChI=1S/C11H15F3N2O3S.ClH/c1-11(2,15)6-16-20(17,18)7-3-4-9(8(12)5-7)19-10(13)14;/h3-5,10,16H,6,15H2,1-2H3;1H. The van der Waals surface area contributed by atoms with E-state index in [1.807, 2.05) is 0 Å². The van der Waals surface area contributed by atoms with Crippen LogP contribution in [0.15, 0.2) is 23.1 Å². The first-order chi connectivity index (χ1) is 9.01. The van der Waals surface area contributed by atoms with Gasteiger partial charge in [-0.05, 0) is 32.0 Å². The molecule has 0 spiro atoms. The first kappa shape index (κ1) is 20.0. The Bertz CT molecular complexity index is 577. The molecular weight excluding hydrogens is 333 g/mol. The summed E-state index contributed by atoms with van der Waals surface area (Å²) in [5.74, 6) is -1.92. The van der Waals surface area contributed by atoms with Crippen molar-refractivity contribution in [2.24, 2.45) is 5.73 Å². The van der Waals surface area contributed by atoms with Gasteiger partial charge >= 0.3 is 6.61 Å². The number of rotatable bonds is 6. The fourth-order valence-corrected chi connectivity index (χ4v) is 2.44. The molecule has 0 saturated carbocycles. The molecule has 0 aliphatic carbocycles. The van der Waals surface area contributed by atoms with Gasteiger partial charge in [-0.3, -0.25) is 0 Å². The van der Waals surface area contributed by atoms with Gasteiger partial charge in [0.05, 0.1) is 4.90 Å². The van der Waals surface area contributed by atoms with Crippen LogP contribution >= 0.6 is 12.4 Å². The third-order valence-corrected chi connectivity index (χ3v) is 3.55. The molecule has 5 nitrogen and oxygen atoms in total. The van der Waals surface area contributed by atoms with Gasteiger partial charge in [0.25, 0.3) is 0 Å². The number of hydrogen-bond donors (Lipinski definition) is 2. The van der Waals surface area contributed by atoms with E-state index in [0.717, 1.165) is 12.1 Å². The Labute approximate surface area is 127 Å². The van der Waals surface area contributed by atoms with Crippen molar-refractivity contribution in [3.8, 4) is 5.75 Å². The van der Waals surface area contributed by atoms with Crippen LogP contribution in [0.25, 0.3) is 0 Å². The normalized spacial score (nSPS) is 12.1. The number of halogens is 4. The number of benzene rings is 1. The molecule has 0 bridgehead atoms. The molecule has 1 aromatic carbocycles. The lowest BCUT2D eigenvalue weighted by molar-refractivity contribution is -0.0522. The first-order valence-electron chi connectivity index (χ1n) is 5.54. The Kier molecular flexibility index (Phi) is 6.94. The van der Waals surface area contributed by atoms with Gasteiger partial charge in [0, 0.05) is 12.1 Å². The third-order valence-electron chi connectivity index (χ3n) is 2.15. The van der Waals surface area contributed by atoms with Crippen molar-refractivity contribution in [3.63, 3.8) is 0 Å². The second kappa shape index (κ2) is 7.30. The smallest absolute Gasteiger partial charge is 0.387 e. The van der Waals surface area contributed by atoms with Crippen LogP contribution in [0.1, 0.15) is 13.8 Å². The van der Waals surface area contributed by atoms with Crippen LogP contribution < -0.4 is 15.2 Å². The Morgan fingerprint density at radius 3 is 2.38 bits per heavy atom. The summed E-state index contributed by atoms with van der Waals surface area (Å²) in [6.07, 6.45) is 0. The Balaban J connectivity index is 0.00000400. The lowest BCUT2D eigenvalue weighted by Crippen LogP contribution is -2.45. The topological polar surface area (TPSA) is 81.4 Å². The highest BCUT2D eigenvalue weighted by molar-refractivity contribution is 7.89. The van der Waals surface area contributed by atoms with Crippen LogP contribution in [0.2, 0.25) is 0 Å². The van der Waals surface area contributed by atoms with Crippen LogP contribution in [-0.4, -0.2) is 27.1 Å². The number of nitrogens with two attached hydrogens (primary N) is 1. The van der Waals surface area contributed by atoms with E-state index in [1.165, 1.54) is 0 Å². The van der Waals surface area contributed by atoms with Gasteiger partial charge in [-0.15, -0.1) is 12.4 Å². The molecule has 0 amide bonds. The van der Waals surface area contributed by atoms with Gasteiger partial charge in [0.1, 0.15) is 0 Å².